The van der Waals surface area contributed by atoms with Gasteiger partial charge in [0, 0.05) is 28.4 Å². The van der Waals surface area contributed by atoms with E-state index in [2.05, 4.69) is 20.4 Å². The van der Waals surface area contributed by atoms with E-state index in [4.69, 9.17) is 11.6 Å². The van der Waals surface area contributed by atoms with Crippen molar-refractivity contribution in [1.29, 1.82) is 0 Å². The Labute approximate surface area is 142 Å². The maximum atomic E-state index is 12.4. The Hall–Kier alpha value is -2.93. The van der Waals surface area contributed by atoms with E-state index < -0.39 is 0 Å². The molecule has 0 bridgehead atoms. The number of aromatic amines is 1. The summed E-state index contributed by atoms with van der Waals surface area (Å²) in [6, 6.07) is 9.67. The largest absolute Gasteiger partial charge is 0.306 e. The third-order valence-corrected chi connectivity index (χ3v) is 3.45. The highest BCUT2D eigenvalue weighted by Crippen LogP contribution is 2.16. The topological polar surface area (TPSA) is 92.7 Å². The van der Waals surface area contributed by atoms with Crippen LogP contribution in [0.25, 0.3) is 5.95 Å². The van der Waals surface area contributed by atoms with Crippen molar-refractivity contribution in [1.82, 2.24) is 19.7 Å². The van der Waals surface area contributed by atoms with Crippen molar-refractivity contribution >= 4 is 23.3 Å². The second kappa shape index (κ2) is 6.29. The number of benzene rings is 1. The van der Waals surface area contributed by atoms with Crippen molar-refractivity contribution in [3.63, 3.8) is 0 Å². The molecule has 3 aromatic rings. The van der Waals surface area contributed by atoms with E-state index in [1.165, 1.54) is 10.7 Å². The van der Waals surface area contributed by atoms with Gasteiger partial charge in [-0.1, -0.05) is 17.7 Å². The molecule has 2 aromatic heterocycles. The molecule has 0 radical (unpaired) electrons. The highest BCUT2D eigenvalue weighted by Gasteiger charge is 2.14. The van der Waals surface area contributed by atoms with Gasteiger partial charge in [0.15, 0.2) is 0 Å². The first kappa shape index (κ1) is 15.9. The normalized spacial score (nSPS) is 10.6. The minimum atomic E-state index is -0.339. The van der Waals surface area contributed by atoms with Crippen LogP contribution in [0.2, 0.25) is 5.02 Å². The molecule has 0 atom stereocenters. The minimum absolute atomic E-state index is 0.231. The van der Waals surface area contributed by atoms with Crippen molar-refractivity contribution in [3.05, 3.63) is 68.7 Å². The summed E-state index contributed by atoms with van der Waals surface area (Å²) in [7, 11) is 0. The molecule has 2 heterocycles. The van der Waals surface area contributed by atoms with Crippen molar-refractivity contribution in [2.75, 3.05) is 5.32 Å². The van der Waals surface area contributed by atoms with Crippen LogP contribution >= 0.6 is 11.6 Å². The molecule has 0 aliphatic carbocycles. The zero-order valence-electron chi connectivity index (χ0n) is 13.0. The molecule has 0 spiro atoms. The van der Waals surface area contributed by atoms with Gasteiger partial charge in [-0.05, 0) is 32.0 Å². The summed E-state index contributed by atoms with van der Waals surface area (Å²) < 4.78 is 1.38. The van der Waals surface area contributed by atoms with Crippen LogP contribution in [-0.4, -0.2) is 25.7 Å². The standard InChI is InChI=1S/C16H14ClN5O2/c1-9-7-14(23)20-16(18-9)22-13(6-10(2)21-22)19-15(24)11-4-3-5-12(17)8-11/h3-8H,1-2H3,(H,19,24)(H,18,20,23). The number of halogens is 1. The predicted octanol–water partition coefficient (Wildman–Crippen LogP) is 2.48. The summed E-state index contributed by atoms with van der Waals surface area (Å²) in [5, 5.41) is 7.49. The fraction of sp³-hybridized carbons (Fsp3) is 0.125. The van der Waals surface area contributed by atoms with Gasteiger partial charge in [-0.25, -0.2) is 4.98 Å². The van der Waals surface area contributed by atoms with Gasteiger partial charge < -0.3 is 5.32 Å². The number of anilines is 1. The van der Waals surface area contributed by atoms with Gasteiger partial charge in [0.2, 0.25) is 5.95 Å². The molecule has 0 aliphatic rings. The average Bonchev–Trinajstić information content (AvgIpc) is 2.87. The number of nitrogens with one attached hydrogen (secondary N) is 2. The molecule has 24 heavy (non-hydrogen) atoms. The van der Waals surface area contributed by atoms with Gasteiger partial charge in [-0.15, -0.1) is 0 Å². The van der Waals surface area contributed by atoms with Gasteiger partial charge in [0.25, 0.3) is 11.5 Å². The van der Waals surface area contributed by atoms with E-state index in [9.17, 15) is 9.59 Å². The number of carbonyl (C=O) groups excluding carboxylic acids is 1. The number of hydrogen-bond donors (Lipinski definition) is 2. The zero-order valence-corrected chi connectivity index (χ0v) is 13.8. The Morgan fingerprint density at radius 3 is 2.71 bits per heavy atom. The van der Waals surface area contributed by atoms with E-state index in [1.54, 1.807) is 44.2 Å². The quantitative estimate of drug-likeness (QED) is 0.764. The molecule has 0 fully saturated rings. The summed E-state index contributed by atoms with van der Waals surface area (Å²) in [4.78, 5) is 30.9. The zero-order chi connectivity index (χ0) is 17.3. The molecule has 0 saturated heterocycles. The average molecular weight is 344 g/mol. The van der Waals surface area contributed by atoms with E-state index >= 15 is 0 Å². The van der Waals surface area contributed by atoms with Gasteiger partial charge >= 0.3 is 0 Å². The molecule has 3 rings (SSSR count). The van der Waals surface area contributed by atoms with Gasteiger partial charge in [0.1, 0.15) is 5.82 Å². The van der Waals surface area contributed by atoms with Gasteiger partial charge in [-0.2, -0.15) is 9.78 Å². The molecule has 1 amide bonds. The Morgan fingerprint density at radius 1 is 1.21 bits per heavy atom. The number of aromatic nitrogens is 4. The number of rotatable bonds is 3. The summed E-state index contributed by atoms with van der Waals surface area (Å²) in [6.07, 6.45) is 0. The van der Waals surface area contributed by atoms with Crippen LogP contribution in [-0.2, 0) is 0 Å². The monoisotopic (exact) mass is 343 g/mol. The van der Waals surface area contributed by atoms with E-state index in [1.807, 2.05) is 0 Å². The van der Waals surface area contributed by atoms with Crippen molar-refractivity contribution < 1.29 is 4.79 Å². The van der Waals surface area contributed by atoms with E-state index in [0.717, 1.165) is 0 Å². The lowest BCUT2D eigenvalue weighted by Crippen LogP contribution is -2.18. The molecule has 122 valence electrons. The second-order valence-electron chi connectivity index (χ2n) is 5.26. The number of aryl methyl sites for hydroxylation is 2. The van der Waals surface area contributed by atoms with Crippen LogP contribution < -0.4 is 10.9 Å². The molecular weight excluding hydrogens is 330 g/mol. The third kappa shape index (κ3) is 3.36. The molecule has 8 heteroatoms. The molecule has 1 aromatic carbocycles. The molecule has 7 nitrogen and oxygen atoms in total. The lowest BCUT2D eigenvalue weighted by molar-refractivity contribution is 0.102. The number of H-pyrrole nitrogens is 1. The number of nitrogens with zero attached hydrogens (tertiary/aromatic N) is 3. The number of amides is 1. The Bertz CT molecular complexity index is 977. The maximum Gasteiger partial charge on any atom is 0.256 e. The van der Waals surface area contributed by atoms with Crippen LogP contribution in [0.5, 0.6) is 0 Å². The van der Waals surface area contributed by atoms with Crippen LogP contribution in [0.15, 0.2) is 41.2 Å². The second-order valence-corrected chi connectivity index (χ2v) is 5.69. The first-order valence-corrected chi connectivity index (χ1v) is 7.52. The molecule has 0 saturated carbocycles. The van der Waals surface area contributed by atoms with Gasteiger partial charge in [0.05, 0.1) is 5.69 Å². The maximum absolute atomic E-state index is 12.4. The van der Waals surface area contributed by atoms with Crippen molar-refractivity contribution in [2.24, 2.45) is 0 Å². The number of carbonyl (C=O) groups is 1. The lowest BCUT2D eigenvalue weighted by Gasteiger charge is -2.08. The fourth-order valence-electron chi connectivity index (χ4n) is 2.23. The Kier molecular flexibility index (Phi) is 4.18. The number of hydrogen-bond acceptors (Lipinski definition) is 4. The summed E-state index contributed by atoms with van der Waals surface area (Å²) in [5.74, 6) is 0.286. The SMILES string of the molecule is Cc1cc(=O)[nH]c(-n2nc(C)cc2NC(=O)c2cccc(Cl)c2)n1. The lowest BCUT2D eigenvalue weighted by atomic mass is 10.2. The first-order valence-electron chi connectivity index (χ1n) is 7.14. The Morgan fingerprint density at radius 2 is 2.00 bits per heavy atom. The smallest absolute Gasteiger partial charge is 0.256 e. The molecule has 2 N–H and O–H groups in total. The van der Waals surface area contributed by atoms with Crippen LogP contribution in [0.4, 0.5) is 5.82 Å². The fourth-order valence-corrected chi connectivity index (χ4v) is 2.42. The predicted molar refractivity (Wildman–Crippen MR) is 90.9 cm³/mol. The van der Waals surface area contributed by atoms with E-state index in [-0.39, 0.29) is 17.4 Å². The highest BCUT2D eigenvalue weighted by molar-refractivity contribution is 6.31. The highest BCUT2D eigenvalue weighted by atomic mass is 35.5. The first-order chi connectivity index (χ1) is 11.4. The molecule has 0 aliphatic heterocycles. The van der Waals surface area contributed by atoms with Gasteiger partial charge in [-0.3, -0.25) is 14.6 Å². The van der Waals surface area contributed by atoms with Crippen LogP contribution in [0, 0.1) is 13.8 Å². The molecular formula is C16H14ClN5O2. The summed E-state index contributed by atoms with van der Waals surface area (Å²) >= 11 is 5.91. The Balaban J connectivity index is 1.97. The van der Waals surface area contributed by atoms with Crippen LogP contribution in [0.1, 0.15) is 21.7 Å². The van der Waals surface area contributed by atoms with Crippen LogP contribution in [0.3, 0.4) is 0 Å². The molecule has 0 unspecified atom stereocenters. The third-order valence-electron chi connectivity index (χ3n) is 3.22. The summed E-state index contributed by atoms with van der Waals surface area (Å²) in [6.45, 7) is 3.48. The minimum Gasteiger partial charge on any atom is -0.306 e. The van der Waals surface area contributed by atoms with Crippen molar-refractivity contribution in [3.8, 4) is 5.95 Å². The van der Waals surface area contributed by atoms with Crippen molar-refractivity contribution in [2.45, 2.75) is 13.8 Å². The summed E-state index contributed by atoms with van der Waals surface area (Å²) in [5.41, 5.74) is 1.34. The van der Waals surface area contributed by atoms with E-state index in [0.29, 0.717) is 27.8 Å².